The van der Waals surface area contributed by atoms with Gasteiger partial charge in [0.15, 0.2) is 0 Å². The number of nitrogen functional groups attached to an aromatic ring is 1. The topological polar surface area (TPSA) is 46.3 Å². The predicted molar refractivity (Wildman–Crippen MR) is 162 cm³/mol. The first-order valence-electron chi connectivity index (χ1n) is 13.2. The summed E-state index contributed by atoms with van der Waals surface area (Å²) in [5, 5.41) is 2.11. The standard InChI is InChI=1S/C36H26N2O/c37-33-18-10-17-30(26-15-8-3-9-16-26)35(33)38-23-27-19-20-29(25-13-6-2-7-14-25)31-21-28(24-11-4-1-5-12-24)22-32(34(27)31)36(38)39/h1-22H,23,37H2. The summed E-state index contributed by atoms with van der Waals surface area (Å²) in [4.78, 5) is 16.3. The molecule has 2 N–H and O–H groups in total. The van der Waals surface area contributed by atoms with E-state index in [1.165, 1.54) is 0 Å². The van der Waals surface area contributed by atoms with Crippen molar-refractivity contribution in [3.63, 3.8) is 0 Å². The van der Waals surface area contributed by atoms with Crippen LogP contribution in [0.1, 0.15) is 15.9 Å². The zero-order valence-electron chi connectivity index (χ0n) is 21.3. The molecule has 7 rings (SSSR count). The molecule has 0 saturated heterocycles. The van der Waals surface area contributed by atoms with Gasteiger partial charge in [-0.25, -0.2) is 0 Å². The second kappa shape index (κ2) is 9.30. The lowest BCUT2D eigenvalue weighted by molar-refractivity contribution is 0.0984. The third-order valence-electron chi connectivity index (χ3n) is 7.62. The highest BCUT2D eigenvalue weighted by Gasteiger charge is 2.31. The van der Waals surface area contributed by atoms with Crippen molar-refractivity contribution in [2.24, 2.45) is 0 Å². The Morgan fingerprint density at radius 3 is 1.82 bits per heavy atom. The smallest absolute Gasteiger partial charge is 0.259 e. The first-order valence-corrected chi connectivity index (χ1v) is 13.2. The van der Waals surface area contributed by atoms with E-state index < -0.39 is 0 Å². The van der Waals surface area contributed by atoms with E-state index in [2.05, 4.69) is 66.7 Å². The molecule has 0 unspecified atom stereocenters. The third kappa shape index (κ3) is 3.87. The molecule has 0 saturated carbocycles. The number of rotatable bonds is 4. The zero-order chi connectivity index (χ0) is 26.3. The van der Waals surface area contributed by atoms with Crippen molar-refractivity contribution in [1.82, 2.24) is 0 Å². The fraction of sp³-hybridized carbons (Fsp3) is 0.0278. The minimum Gasteiger partial charge on any atom is -0.397 e. The van der Waals surface area contributed by atoms with Crippen molar-refractivity contribution in [3.8, 4) is 33.4 Å². The van der Waals surface area contributed by atoms with E-state index in [0.717, 1.165) is 55.4 Å². The van der Waals surface area contributed by atoms with Gasteiger partial charge in [-0.3, -0.25) is 4.79 Å². The molecule has 0 fully saturated rings. The monoisotopic (exact) mass is 502 g/mol. The van der Waals surface area contributed by atoms with Gasteiger partial charge >= 0.3 is 0 Å². The molecular weight excluding hydrogens is 476 g/mol. The number of benzene rings is 6. The molecule has 0 aliphatic carbocycles. The Hall–Kier alpha value is -5.15. The first kappa shape index (κ1) is 23.0. The van der Waals surface area contributed by atoms with Crippen LogP contribution in [-0.4, -0.2) is 5.91 Å². The molecule has 1 aliphatic rings. The molecule has 1 heterocycles. The number of hydrogen-bond donors (Lipinski definition) is 1. The maximum absolute atomic E-state index is 14.4. The van der Waals surface area contributed by atoms with Crippen LogP contribution in [0.15, 0.2) is 133 Å². The predicted octanol–water partition coefficient (Wildman–Crippen LogP) is 8.58. The second-order valence-corrected chi connectivity index (χ2v) is 9.95. The molecule has 0 atom stereocenters. The van der Waals surface area contributed by atoms with E-state index in [1.807, 2.05) is 71.6 Å². The Kier molecular flexibility index (Phi) is 5.49. The first-order chi connectivity index (χ1) is 19.2. The number of carbonyl (C=O) groups excluding carboxylic acids is 1. The van der Waals surface area contributed by atoms with Crippen LogP contribution < -0.4 is 10.6 Å². The molecule has 6 aromatic rings. The van der Waals surface area contributed by atoms with Crippen LogP contribution in [0.2, 0.25) is 0 Å². The number of nitrogens with two attached hydrogens (primary N) is 1. The van der Waals surface area contributed by atoms with Gasteiger partial charge in [-0.1, -0.05) is 115 Å². The highest BCUT2D eigenvalue weighted by molar-refractivity contribution is 6.21. The van der Waals surface area contributed by atoms with Crippen LogP contribution in [0, 0.1) is 0 Å². The van der Waals surface area contributed by atoms with Gasteiger partial charge in [0.2, 0.25) is 0 Å². The molecule has 1 amide bonds. The summed E-state index contributed by atoms with van der Waals surface area (Å²) >= 11 is 0. The van der Waals surface area contributed by atoms with Crippen molar-refractivity contribution in [1.29, 1.82) is 0 Å². The van der Waals surface area contributed by atoms with Crippen molar-refractivity contribution in [2.75, 3.05) is 10.6 Å². The highest BCUT2D eigenvalue weighted by atomic mass is 16.2. The van der Waals surface area contributed by atoms with Gasteiger partial charge in [-0.05, 0) is 57.0 Å². The van der Waals surface area contributed by atoms with Gasteiger partial charge in [-0.2, -0.15) is 0 Å². The molecule has 6 aromatic carbocycles. The third-order valence-corrected chi connectivity index (χ3v) is 7.62. The maximum atomic E-state index is 14.4. The Balaban J connectivity index is 1.48. The molecule has 3 heteroatoms. The lowest BCUT2D eigenvalue weighted by atomic mass is 9.86. The van der Waals surface area contributed by atoms with Crippen LogP contribution in [-0.2, 0) is 6.54 Å². The number of carbonyl (C=O) groups is 1. The van der Waals surface area contributed by atoms with Crippen molar-refractivity contribution >= 4 is 28.1 Å². The second-order valence-electron chi connectivity index (χ2n) is 9.95. The minimum atomic E-state index is -0.0365. The molecule has 0 aromatic heterocycles. The molecule has 0 spiro atoms. The Bertz CT molecular complexity index is 1840. The Morgan fingerprint density at radius 1 is 0.538 bits per heavy atom. The fourth-order valence-electron chi connectivity index (χ4n) is 5.81. The molecule has 186 valence electrons. The normalized spacial score (nSPS) is 12.6. The summed E-state index contributed by atoms with van der Waals surface area (Å²) in [6, 6.07) is 45.3. The number of para-hydroxylation sites is 1. The molecule has 3 nitrogen and oxygen atoms in total. The van der Waals surface area contributed by atoms with Gasteiger partial charge in [0.1, 0.15) is 0 Å². The lowest BCUT2D eigenvalue weighted by Gasteiger charge is -2.32. The Morgan fingerprint density at radius 2 is 1.15 bits per heavy atom. The molecule has 0 radical (unpaired) electrons. The lowest BCUT2D eigenvalue weighted by Crippen LogP contribution is -2.35. The van der Waals surface area contributed by atoms with Crippen LogP contribution in [0.4, 0.5) is 11.4 Å². The largest absolute Gasteiger partial charge is 0.397 e. The van der Waals surface area contributed by atoms with Crippen molar-refractivity contribution in [2.45, 2.75) is 6.54 Å². The van der Waals surface area contributed by atoms with Crippen molar-refractivity contribution in [3.05, 3.63) is 145 Å². The summed E-state index contributed by atoms with van der Waals surface area (Å²) in [5.74, 6) is -0.0365. The van der Waals surface area contributed by atoms with E-state index in [-0.39, 0.29) is 5.91 Å². The van der Waals surface area contributed by atoms with E-state index in [1.54, 1.807) is 0 Å². The molecule has 39 heavy (non-hydrogen) atoms. The van der Waals surface area contributed by atoms with E-state index >= 15 is 0 Å². The average Bonchev–Trinajstić information content (AvgIpc) is 3.00. The quantitative estimate of drug-likeness (QED) is 0.245. The summed E-state index contributed by atoms with van der Waals surface area (Å²) in [6.45, 7) is 0.454. The summed E-state index contributed by atoms with van der Waals surface area (Å²) < 4.78 is 0. The van der Waals surface area contributed by atoms with E-state index in [4.69, 9.17) is 5.73 Å². The van der Waals surface area contributed by atoms with E-state index in [0.29, 0.717) is 17.8 Å². The highest BCUT2D eigenvalue weighted by Crippen LogP contribution is 2.44. The van der Waals surface area contributed by atoms with Gasteiger partial charge in [0.05, 0.1) is 17.9 Å². The number of anilines is 2. The average molecular weight is 503 g/mol. The van der Waals surface area contributed by atoms with Crippen LogP contribution in [0.25, 0.3) is 44.2 Å². The van der Waals surface area contributed by atoms with Gasteiger partial charge in [0.25, 0.3) is 5.91 Å². The SMILES string of the molecule is Nc1cccc(-c2ccccc2)c1N1Cc2ccc(-c3ccccc3)c3cc(-c4ccccc4)cc(c23)C1=O. The maximum Gasteiger partial charge on any atom is 0.259 e. The van der Waals surface area contributed by atoms with Crippen LogP contribution in [0.5, 0.6) is 0 Å². The molecular formula is C36H26N2O. The van der Waals surface area contributed by atoms with Gasteiger partial charge in [0, 0.05) is 16.5 Å². The van der Waals surface area contributed by atoms with Crippen molar-refractivity contribution < 1.29 is 4.79 Å². The molecule has 1 aliphatic heterocycles. The van der Waals surface area contributed by atoms with Gasteiger partial charge in [-0.15, -0.1) is 0 Å². The minimum absolute atomic E-state index is 0.0365. The number of nitrogens with zero attached hydrogens (tertiary/aromatic N) is 1. The summed E-state index contributed by atoms with van der Waals surface area (Å²) in [7, 11) is 0. The molecule has 0 bridgehead atoms. The zero-order valence-corrected chi connectivity index (χ0v) is 21.3. The van der Waals surface area contributed by atoms with Gasteiger partial charge < -0.3 is 10.6 Å². The van der Waals surface area contributed by atoms with Crippen LogP contribution in [0.3, 0.4) is 0 Å². The fourth-order valence-corrected chi connectivity index (χ4v) is 5.81. The number of hydrogen-bond acceptors (Lipinski definition) is 2. The Labute approximate surface area is 227 Å². The number of amides is 1. The summed E-state index contributed by atoms with van der Waals surface area (Å²) in [6.07, 6.45) is 0. The summed E-state index contributed by atoms with van der Waals surface area (Å²) in [5.41, 5.74) is 16.1. The van der Waals surface area contributed by atoms with Crippen LogP contribution >= 0.6 is 0 Å². The van der Waals surface area contributed by atoms with E-state index in [9.17, 15) is 4.79 Å².